The minimum absolute atomic E-state index is 0.0305. The number of nitrogens with one attached hydrogen (secondary N) is 1. The van der Waals surface area contributed by atoms with Crippen molar-refractivity contribution in [3.63, 3.8) is 0 Å². The molecule has 2 rings (SSSR count). The third-order valence-electron chi connectivity index (χ3n) is 3.02. The maximum absolute atomic E-state index is 12.1. The maximum Gasteiger partial charge on any atom is 0.311 e. The van der Waals surface area contributed by atoms with E-state index < -0.39 is 18.0 Å². The van der Waals surface area contributed by atoms with Crippen LogP contribution in [0, 0.1) is 0 Å². The van der Waals surface area contributed by atoms with E-state index in [9.17, 15) is 9.59 Å². The van der Waals surface area contributed by atoms with E-state index in [1.807, 2.05) is 0 Å². The first-order chi connectivity index (χ1) is 11.4. The Morgan fingerprint density at radius 3 is 2.58 bits per heavy atom. The quantitative estimate of drug-likeness (QED) is 0.782. The Morgan fingerprint density at radius 2 is 1.92 bits per heavy atom. The van der Waals surface area contributed by atoms with Crippen LogP contribution < -0.4 is 5.32 Å². The summed E-state index contributed by atoms with van der Waals surface area (Å²) in [6, 6.07) is 8.36. The van der Waals surface area contributed by atoms with E-state index in [-0.39, 0.29) is 17.3 Å². The topological polar surface area (TPSA) is 68.3 Å². The second kappa shape index (κ2) is 8.33. The molecule has 0 bridgehead atoms. The molecule has 0 fully saturated rings. The Kier molecular flexibility index (Phi) is 6.43. The predicted octanol–water partition coefficient (Wildman–Crippen LogP) is 4.15. The van der Waals surface area contributed by atoms with Gasteiger partial charge in [0.1, 0.15) is 0 Å². The van der Waals surface area contributed by atoms with Gasteiger partial charge in [-0.25, -0.2) is 4.98 Å². The van der Waals surface area contributed by atoms with Gasteiger partial charge in [0.2, 0.25) is 0 Å². The van der Waals surface area contributed by atoms with Gasteiger partial charge in [-0.2, -0.15) is 0 Å². The lowest BCUT2D eigenvalue weighted by atomic mass is 10.1. The molecule has 5 nitrogen and oxygen atoms in total. The Bertz CT molecular complexity index is 768. The average molecular weight is 388 g/mol. The minimum Gasteiger partial charge on any atom is -0.452 e. The highest BCUT2D eigenvalue weighted by molar-refractivity contribution is 6.36. The van der Waals surface area contributed by atoms with Crippen molar-refractivity contribution < 1.29 is 14.3 Å². The summed E-state index contributed by atoms with van der Waals surface area (Å²) in [5.74, 6) is -0.986. The molecule has 8 heteroatoms. The molecule has 1 aromatic heterocycles. The van der Waals surface area contributed by atoms with Gasteiger partial charge in [-0.1, -0.05) is 53.0 Å². The highest BCUT2D eigenvalue weighted by atomic mass is 35.5. The van der Waals surface area contributed by atoms with Gasteiger partial charge in [-0.3, -0.25) is 9.59 Å². The number of halogens is 3. The number of ether oxygens (including phenoxy) is 1. The number of carbonyl (C=O) groups excluding carboxylic acids is 2. The van der Waals surface area contributed by atoms with E-state index in [1.54, 1.807) is 24.3 Å². The Morgan fingerprint density at radius 1 is 1.21 bits per heavy atom. The number of rotatable bonds is 5. The van der Waals surface area contributed by atoms with Gasteiger partial charge in [0.05, 0.1) is 16.5 Å². The number of carbonyl (C=O) groups is 2. The summed E-state index contributed by atoms with van der Waals surface area (Å²) in [5, 5.41) is 3.47. The van der Waals surface area contributed by atoms with Crippen molar-refractivity contribution in [3.05, 3.63) is 57.2 Å². The number of nitrogens with zero attached hydrogens (tertiary/aromatic N) is 1. The molecule has 0 radical (unpaired) electrons. The molecule has 0 aliphatic rings. The SMILES string of the molecule is CC(OC(=O)Cc1ccccc1Cl)C(=O)Nc1ncc(Cl)cc1Cl. The number of hydrogen-bond donors (Lipinski definition) is 1. The fourth-order valence-electron chi connectivity index (χ4n) is 1.81. The minimum atomic E-state index is -1.02. The number of aromatic nitrogens is 1. The van der Waals surface area contributed by atoms with Crippen LogP contribution in [0.15, 0.2) is 36.5 Å². The number of hydrogen-bond acceptors (Lipinski definition) is 4. The first-order valence-corrected chi connectivity index (χ1v) is 8.05. The molecule has 0 aliphatic carbocycles. The molecule has 0 saturated carbocycles. The van der Waals surface area contributed by atoms with Crippen LogP contribution >= 0.6 is 34.8 Å². The molecule has 1 aromatic carbocycles. The monoisotopic (exact) mass is 386 g/mol. The van der Waals surface area contributed by atoms with Gasteiger partial charge in [-0.05, 0) is 24.6 Å². The second-order valence-electron chi connectivity index (χ2n) is 4.87. The Labute approximate surface area is 153 Å². The van der Waals surface area contributed by atoms with Crippen molar-refractivity contribution in [1.82, 2.24) is 4.98 Å². The first-order valence-electron chi connectivity index (χ1n) is 6.91. The van der Waals surface area contributed by atoms with E-state index in [0.717, 1.165) is 0 Å². The predicted molar refractivity (Wildman–Crippen MR) is 93.6 cm³/mol. The van der Waals surface area contributed by atoms with Crippen LogP contribution in [0.2, 0.25) is 15.1 Å². The largest absolute Gasteiger partial charge is 0.452 e. The molecule has 1 N–H and O–H groups in total. The molecule has 2 aromatic rings. The molecule has 1 heterocycles. The number of esters is 1. The number of amides is 1. The summed E-state index contributed by atoms with van der Waals surface area (Å²) in [5.41, 5.74) is 0.624. The summed E-state index contributed by atoms with van der Waals surface area (Å²) < 4.78 is 5.10. The smallest absolute Gasteiger partial charge is 0.311 e. The molecule has 0 saturated heterocycles. The zero-order chi connectivity index (χ0) is 17.7. The second-order valence-corrected chi connectivity index (χ2v) is 6.12. The fourth-order valence-corrected chi connectivity index (χ4v) is 2.44. The van der Waals surface area contributed by atoms with Crippen LogP contribution in [0.5, 0.6) is 0 Å². The normalized spacial score (nSPS) is 11.7. The molecule has 0 spiro atoms. The molecular weight excluding hydrogens is 375 g/mol. The van der Waals surface area contributed by atoms with E-state index >= 15 is 0 Å². The van der Waals surface area contributed by atoms with Crippen LogP contribution in [0.1, 0.15) is 12.5 Å². The van der Waals surface area contributed by atoms with Gasteiger partial charge < -0.3 is 10.1 Å². The highest BCUT2D eigenvalue weighted by Gasteiger charge is 2.20. The number of benzene rings is 1. The Hall–Kier alpha value is -1.82. The molecule has 24 heavy (non-hydrogen) atoms. The van der Waals surface area contributed by atoms with Gasteiger partial charge >= 0.3 is 5.97 Å². The molecule has 126 valence electrons. The van der Waals surface area contributed by atoms with E-state index in [0.29, 0.717) is 15.6 Å². The third kappa shape index (κ3) is 5.09. The fraction of sp³-hybridized carbons (Fsp3) is 0.188. The zero-order valence-corrected chi connectivity index (χ0v) is 14.8. The van der Waals surface area contributed by atoms with Crippen LogP contribution in [-0.4, -0.2) is 23.0 Å². The van der Waals surface area contributed by atoms with Crippen molar-refractivity contribution in [1.29, 1.82) is 0 Å². The number of pyridine rings is 1. The van der Waals surface area contributed by atoms with Gasteiger partial charge in [0.25, 0.3) is 5.91 Å². The maximum atomic E-state index is 12.1. The molecule has 1 amide bonds. The van der Waals surface area contributed by atoms with Crippen molar-refractivity contribution in [3.8, 4) is 0 Å². The van der Waals surface area contributed by atoms with Crippen molar-refractivity contribution in [2.45, 2.75) is 19.4 Å². The molecule has 1 unspecified atom stereocenters. The standard InChI is InChI=1S/C16H13Cl3N2O3/c1-9(16(23)21-15-13(19)7-11(17)8-20-15)24-14(22)6-10-4-2-3-5-12(10)18/h2-5,7-9H,6H2,1H3,(H,20,21,23). The molecule has 0 aliphatic heterocycles. The van der Waals surface area contributed by atoms with Crippen molar-refractivity contribution >= 4 is 52.5 Å². The summed E-state index contributed by atoms with van der Waals surface area (Å²) >= 11 is 17.6. The van der Waals surface area contributed by atoms with Gasteiger partial charge in [0, 0.05) is 11.2 Å². The lowest BCUT2D eigenvalue weighted by Crippen LogP contribution is -2.30. The lowest BCUT2D eigenvalue weighted by molar-refractivity contribution is -0.152. The van der Waals surface area contributed by atoms with Crippen LogP contribution in [0.4, 0.5) is 5.82 Å². The number of anilines is 1. The van der Waals surface area contributed by atoms with Crippen molar-refractivity contribution in [2.75, 3.05) is 5.32 Å². The van der Waals surface area contributed by atoms with E-state index in [4.69, 9.17) is 39.5 Å². The summed E-state index contributed by atoms with van der Waals surface area (Å²) in [4.78, 5) is 27.9. The van der Waals surface area contributed by atoms with Crippen LogP contribution in [-0.2, 0) is 20.7 Å². The molecular formula is C16H13Cl3N2O3. The third-order valence-corrected chi connectivity index (χ3v) is 3.88. The van der Waals surface area contributed by atoms with Gasteiger partial charge in [0.15, 0.2) is 11.9 Å². The van der Waals surface area contributed by atoms with Crippen molar-refractivity contribution in [2.24, 2.45) is 0 Å². The summed E-state index contributed by atoms with van der Waals surface area (Å²) in [6.07, 6.45) is 0.294. The molecule has 1 atom stereocenters. The summed E-state index contributed by atoms with van der Waals surface area (Å²) in [6.45, 7) is 1.45. The van der Waals surface area contributed by atoms with E-state index in [1.165, 1.54) is 19.2 Å². The lowest BCUT2D eigenvalue weighted by Gasteiger charge is -2.14. The van der Waals surface area contributed by atoms with Crippen LogP contribution in [0.25, 0.3) is 0 Å². The Balaban J connectivity index is 1.93. The van der Waals surface area contributed by atoms with E-state index in [2.05, 4.69) is 10.3 Å². The van der Waals surface area contributed by atoms with Crippen LogP contribution in [0.3, 0.4) is 0 Å². The average Bonchev–Trinajstić information content (AvgIpc) is 2.52. The highest BCUT2D eigenvalue weighted by Crippen LogP contribution is 2.22. The summed E-state index contributed by atoms with van der Waals surface area (Å²) in [7, 11) is 0. The van der Waals surface area contributed by atoms with Gasteiger partial charge in [-0.15, -0.1) is 0 Å². The zero-order valence-electron chi connectivity index (χ0n) is 12.6. The first kappa shape index (κ1) is 18.5.